The molecule has 1 amide bonds. The van der Waals surface area contributed by atoms with E-state index in [2.05, 4.69) is 83.1 Å². The molecule has 4 nitrogen and oxygen atoms in total. The molecule has 0 bridgehead atoms. The molecule has 158 valence electrons. The Morgan fingerprint density at radius 3 is 2.19 bits per heavy atom. The lowest BCUT2D eigenvalue weighted by Gasteiger charge is -2.24. The Hall–Kier alpha value is -3.37. The number of H-pyrrole nitrogens is 1. The van der Waals surface area contributed by atoms with Crippen molar-refractivity contribution in [2.75, 3.05) is 20.6 Å². The maximum Gasteiger partial charge on any atom is 0.238 e. The molecule has 0 aliphatic heterocycles. The second kappa shape index (κ2) is 9.19. The van der Waals surface area contributed by atoms with E-state index in [1.165, 1.54) is 16.5 Å². The van der Waals surface area contributed by atoms with Gasteiger partial charge in [0.1, 0.15) is 0 Å². The van der Waals surface area contributed by atoms with Crippen molar-refractivity contribution in [3.63, 3.8) is 0 Å². The number of hydrogen-bond acceptors (Lipinski definition) is 2. The molecule has 4 heteroatoms. The summed E-state index contributed by atoms with van der Waals surface area (Å²) in [5.41, 5.74) is 5.89. The van der Waals surface area contributed by atoms with Crippen LogP contribution in [0.3, 0.4) is 0 Å². The molecule has 0 aliphatic rings. The molecule has 0 fully saturated rings. The average Bonchev–Trinajstić information content (AvgIpc) is 3.19. The zero-order chi connectivity index (χ0) is 21.8. The molecule has 0 radical (unpaired) electrons. The van der Waals surface area contributed by atoms with Crippen molar-refractivity contribution in [2.24, 2.45) is 0 Å². The molecule has 3 aromatic carbocycles. The number of benzene rings is 3. The lowest BCUT2D eigenvalue weighted by molar-refractivity contribution is -0.130. The van der Waals surface area contributed by atoms with Gasteiger partial charge in [0.2, 0.25) is 5.91 Å². The minimum atomic E-state index is -0.258. The Labute approximate surface area is 183 Å². The molecule has 0 saturated heterocycles. The number of aromatic nitrogens is 1. The number of rotatable bonds is 7. The van der Waals surface area contributed by atoms with E-state index in [-0.39, 0.29) is 17.9 Å². The van der Waals surface area contributed by atoms with Crippen molar-refractivity contribution in [3.8, 4) is 11.3 Å². The summed E-state index contributed by atoms with van der Waals surface area (Å²) in [6.45, 7) is 2.59. The van der Waals surface area contributed by atoms with Gasteiger partial charge in [0.25, 0.3) is 0 Å². The highest BCUT2D eigenvalue weighted by Gasteiger charge is 2.25. The van der Waals surface area contributed by atoms with Gasteiger partial charge in [0.05, 0.1) is 11.7 Å². The second-order valence-corrected chi connectivity index (χ2v) is 8.15. The van der Waals surface area contributed by atoms with E-state index < -0.39 is 0 Å². The molecule has 0 spiro atoms. The van der Waals surface area contributed by atoms with E-state index >= 15 is 0 Å². The van der Waals surface area contributed by atoms with E-state index in [4.69, 9.17) is 0 Å². The first-order valence-corrected chi connectivity index (χ1v) is 10.7. The summed E-state index contributed by atoms with van der Waals surface area (Å²) in [6.07, 6.45) is 0. The quantitative estimate of drug-likeness (QED) is 0.448. The van der Waals surface area contributed by atoms with Crippen LogP contribution in [0.15, 0.2) is 84.9 Å². The van der Waals surface area contributed by atoms with Crippen molar-refractivity contribution >= 4 is 16.8 Å². The number of fused-ring (bicyclic) bond motifs is 1. The molecular formula is C27H29N3O. The number of hydrogen-bond donors (Lipinski definition) is 2. The van der Waals surface area contributed by atoms with Crippen LogP contribution in [-0.4, -0.2) is 42.5 Å². The zero-order valence-electron chi connectivity index (χ0n) is 18.3. The number of nitrogens with zero attached hydrogens (tertiary/aromatic N) is 1. The first kappa shape index (κ1) is 20.9. The molecule has 2 N–H and O–H groups in total. The Morgan fingerprint density at radius 1 is 0.903 bits per heavy atom. The Kier molecular flexibility index (Phi) is 6.19. The summed E-state index contributed by atoms with van der Waals surface area (Å²) < 4.78 is 0. The summed E-state index contributed by atoms with van der Waals surface area (Å²) in [5, 5.41) is 4.70. The smallest absolute Gasteiger partial charge is 0.238 e. The van der Waals surface area contributed by atoms with Gasteiger partial charge in [-0.2, -0.15) is 0 Å². The highest BCUT2D eigenvalue weighted by atomic mass is 16.2. The van der Waals surface area contributed by atoms with Crippen molar-refractivity contribution in [2.45, 2.75) is 18.9 Å². The van der Waals surface area contributed by atoms with Crippen LogP contribution in [-0.2, 0) is 4.79 Å². The van der Waals surface area contributed by atoms with Gasteiger partial charge in [-0.15, -0.1) is 0 Å². The number of para-hydroxylation sites is 1. The minimum Gasteiger partial charge on any atom is -0.354 e. The predicted octanol–water partition coefficient (Wildman–Crippen LogP) is 5.03. The lowest BCUT2D eigenvalue weighted by Crippen LogP contribution is -2.43. The third-order valence-electron chi connectivity index (χ3n) is 5.80. The van der Waals surface area contributed by atoms with Crippen molar-refractivity contribution in [1.82, 2.24) is 15.2 Å². The maximum absolute atomic E-state index is 12.4. The van der Waals surface area contributed by atoms with Crippen LogP contribution in [0.2, 0.25) is 0 Å². The first-order chi connectivity index (χ1) is 15.1. The van der Waals surface area contributed by atoms with Gasteiger partial charge in [0, 0.05) is 37.5 Å². The second-order valence-electron chi connectivity index (χ2n) is 8.15. The van der Waals surface area contributed by atoms with Gasteiger partial charge in [-0.1, -0.05) is 78.9 Å². The van der Waals surface area contributed by atoms with Gasteiger partial charge < -0.3 is 15.2 Å². The van der Waals surface area contributed by atoms with Gasteiger partial charge in [-0.05, 0) is 29.7 Å². The molecular weight excluding hydrogens is 382 g/mol. The maximum atomic E-state index is 12.4. The molecule has 2 atom stereocenters. The van der Waals surface area contributed by atoms with E-state index in [0.29, 0.717) is 6.54 Å². The highest BCUT2D eigenvalue weighted by molar-refractivity contribution is 5.92. The van der Waals surface area contributed by atoms with Crippen molar-refractivity contribution in [1.29, 1.82) is 0 Å². The summed E-state index contributed by atoms with van der Waals surface area (Å²) in [7, 11) is 3.59. The van der Waals surface area contributed by atoms with E-state index in [1.807, 2.05) is 19.1 Å². The molecule has 31 heavy (non-hydrogen) atoms. The highest BCUT2D eigenvalue weighted by Crippen LogP contribution is 2.38. The third-order valence-corrected chi connectivity index (χ3v) is 5.80. The van der Waals surface area contributed by atoms with Crippen LogP contribution >= 0.6 is 0 Å². The average molecular weight is 412 g/mol. The summed E-state index contributed by atoms with van der Waals surface area (Å²) in [4.78, 5) is 17.7. The fourth-order valence-corrected chi connectivity index (χ4v) is 4.20. The molecule has 4 aromatic rings. The Bertz CT molecular complexity index is 1150. The van der Waals surface area contributed by atoms with Crippen molar-refractivity contribution < 1.29 is 4.79 Å². The zero-order valence-corrected chi connectivity index (χ0v) is 18.3. The molecule has 0 unspecified atom stereocenters. The lowest BCUT2D eigenvalue weighted by atomic mass is 9.87. The summed E-state index contributed by atoms with van der Waals surface area (Å²) in [5.74, 6) is 0.166. The number of nitrogens with one attached hydrogen (secondary N) is 2. The molecule has 1 aromatic heterocycles. The van der Waals surface area contributed by atoms with Crippen LogP contribution in [0.4, 0.5) is 0 Å². The van der Waals surface area contributed by atoms with Gasteiger partial charge >= 0.3 is 0 Å². The SMILES string of the molecule is C[C@H](NC[C@H](c1ccccc1)c1c(-c2ccccc2)[nH]c2ccccc12)C(=O)N(C)C. The fourth-order valence-electron chi connectivity index (χ4n) is 4.20. The van der Waals surface area contributed by atoms with Crippen LogP contribution < -0.4 is 5.32 Å². The molecule has 0 aliphatic carbocycles. The first-order valence-electron chi connectivity index (χ1n) is 10.7. The van der Waals surface area contributed by atoms with E-state index in [1.54, 1.807) is 19.0 Å². The van der Waals surface area contributed by atoms with Crippen molar-refractivity contribution in [3.05, 3.63) is 96.1 Å². The predicted molar refractivity (Wildman–Crippen MR) is 128 cm³/mol. The number of carbonyl (C=O) groups is 1. The standard InChI is InChI=1S/C27H29N3O/c1-19(27(31)30(2)3)28-18-23(20-12-6-4-7-13-20)25-22-16-10-11-17-24(22)29-26(25)21-14-8-5-9-15-21/h4-17,19,23,28-29H,18H2,1-3H3/t19-,23+/m0/s1. The number of carbonyl (C=O) groups excluding carboxylic acids is 1. The molecule has 0 saturated carbocycles. The Morgan fingerprint density at radius 2 is 1.52 bits per heavy atom. The van der Waals surface area contributed by atoms with Crippen LogP contribution in [0.5, 0.6) is 0 Å². The minimum absolute atomic E-state index is 0.0778. The van der Waals surface area contributed by atoms with Gasteiger partial charge in [-0.25, -0.2) is 0 Å². The van der Waals surface area contributed by atoms with E-state index in [9.17, 15) is 4.79 Å². The van der Waals surface area contributed by atoms with Crippen LogP contribution in [0.1, 0.15) is 24.0 Å². The van der Waals surface area contributed by atoms with Gasteiger partial charge in [0.15, 0.2) is 0 Å². The largest absolute Gasteiger partial charge is 0.354 e. The van der Waals surface area contributed by atoms with Crippen LogP contribution in [0, 0.1) is 0 Å². The topological polar surface area (TPSA) is 48.1 Å². The number of likely N-dealkylation sites (N-methyl/N-ethyl adjacent to an activating group) is 1. The number of amides is 1. The van der Waals surface area contributed by atoms with Gasteiger partial charge in [-0.3, -0.25) is 4.79 Å². The molecule has 1 heterocycles. The monoisotopic (exact) mass is 411 g/mol. The van der Waals surface area contributed by atoms with E-state index in [0.717, 1.165) is 16.8 Å². The normalized spacial score (nSPS) is 13.1. The molecule has 4 rings (SSSR count). The third kappa shape index (κ3) is 4.39. The summed E-state index contributed by atoms with van der Waals surface area (Å²) >= 11 is 0. The number of aromatic amines is 1. The summed E-state index contributed by atoms with van der Waals surface area (Å²) in [6, 6.07) is 29.2. The van der Waals surface area contributed by atoms with Crippen LogP contribution in [0.25, 0.3) is 22.2 Å². The fraction of sp³-hybridized carbons (Fsp3) is 0.222. The Balaban J connectivity index is 1.82.